The largest absolute Gasteiger partial charge is 0.368 e. The van der Waals surface area contributed by atoms with Crippen LogP contribution in [0, 0.1) is 12.8 Å². The lowest BCUT2D eigenvalue weighted by Gasteiger charge is -2.43. The molecule has 6 nitrogen and oxygen atoms in total. The van der Waals surface area contributed by atoms with Crippen molar-refractivity contribution >= 4 is 17.6 Å². The van der Waals surface area contributed by atoms with Gasteiger partial charge in [-0.1, -0.05) is 25.6 Å². The second kappa shape index (κ2) is 10.8. The first-order chi connectivity index (χ1) is 16.9. The lowest BCUT2D eigenvalue weighted by molar-refractivity contribution is 0.0793. The highest BCUT2D eigenvalue weighted by Crippen LogP contribution is 2.27. The summed E-state index contributed by atoms with van der Waals surface area (Å²) in [5, 5.41) is 0.764. The van der Waals surface area contributed by atoms with Crippen LogP contribution in [-0.4, -0.2) is 45.2 Å². The van der Waals surface area contributed by atoms with Gasteiger partial charge in [-0.05, 0) is 61.9 Å². The fourth-order valence-corrected chi connectivity index (χ4v) is 5.24. The summed E-state index contributed by atoms with van der Waals surface area (Å²) in [5.74, 6) is 0.489. The van der Waals surface area contributed by atoms with Crippen molar-refractivity contribution in [2.24, 2.45) is 18.0 Å². The minimum absolute atomic E-state index is 0.109. The van der Waals surface area contributed by atoms with Crippen LogP contribution in [0.15, 0.2) is 83.1 Å². The average molecular weight is 470 g/mol. The highest BCUT2D eigenvalue weighted by molar-refractivity contribution is 5.79. The highest BCUT2D eigenvalue weighted by Gasteiger charge is 2.30. The Kier molecular flexibility index (Phi) is 7.61. The van der Waals surface area contributed by atoms with E-state index in [1.807, 2.05) is 56.7 Å². The SMILES string of the molecule is C=C/C(=C\N=C)N1C[C@H](C)C[C@H](N(Cc2ccnc(C)c2)Cc2cn(C)c3ccccc3c2=O)C1. The number of benzene rings is 1. The van der Waals surface area contributed by atoms with Crippen LogP contribution in [-0.2, 0) is 20.1 Å². The molecular formula is C29H35N5O. The number of para-hydroxylation sites is 1. The van der Waals surface area contributed by atoms with Crippen molar-refractivity contribution in [3.63, 3.8) is 0 Å². The van der Waals surface area contributed by atoms with Gasteiger partial charge in [0, 0.05) is 74.5 Å². The fraction of sp³-hybridized carbons (Fsp3) is 0.345. The predicted octanol–water partition coefficient (Wildman–Crippen LogP) is 4.68. The summed E-state index contributed by atoms with van der Waals surface area (Å²) in [6, 6.07) is 12.3. The van der Waals surface area contributed by atoms with E-state index in [0.29, 0.717) is 12.5 Å². The minimum Gasteiger partial charge on any atom is -0.368 e. The Hall–Kier alpha value is -3.51. The number of pyridine rings is 2. The number of allylic oxidation sites excluding steroid dienone is 1. The highest BCUT2D eigenvalue weighted by atomic mass is 16.1. The van der Waals surface area contributed by atoms with Crippen molar-refractivity contribution < 1.29 is 0 Å². The van der Waals surface area contributed by atoms with Gasteiger partial charge < -0.3 is 9.47 Å². The Balaban J connectivity index is 1.72. The van der Waals surface area contributed by atoms with E-state index < -0.39 is 0 Å². The van der Waals surface area contributed by atoms with Crippen molar-refractivity contribution in [3.8, 4) is 0 Å². The van der Waals surface area contributed by atoms with Crippen molar-refractivity contribution in [3.05, 3.63) is 100 Å². The van der Waals surface area contributed by atoms with Crippen molar-refractivity contribution in [1.82, 2.24) is 19.4 Å². The molecule has 182 valence electrons. The molecule has 0 aliphatic carbocycles. The van der Waals surface area contributed by atoms with Crippen LogP contribution in [0.1, 0.15) is 30.2 Å². The van der Waals surface area contributed by atoms with E-state index in [9.17, 15) is 4.79 Å². The molecule has 0 spiro atoms. The summed E-state index contributed by atoms with van der Waals surface area (Å²) in [5.41, 5.74) is 5.06. The third kappa shape index (κ3) is 5.60. The molecule has 0 bridgehead atoms. The molecule has 1 aliphatic heterocycles. The van der Waals surface area contributed by atoms with E-state index in [1.165, 1.54) is 5.56 Å². The molecule has 1 fully saturated rings. The molecule has 35 heavy (non-hydrogen) atoms. The third-order valence-electron chi connectivity index (χ3n) is 6.84. The van der Waals surface area contributed by atoms with Gasteiger partial charge in [0.05, 0.1) is 11.2 Å². The lowest BCUT2D eigenvalue weighted by atomic mass is 9.93. The molecule has 4 rings (SSSR count). The first-order valence-electron chi connectivity index (χ1n) is 12.2. The topological polar surface area (TPSA) is 53.7 Å². The normalized spacial score (nSPS) is 18.7. The summed E-state index contributed by atoms with van der Waals surface area (Å²) >= 11 is 0. The van der Waals surface area contributed by atoms with Crippen LogP contribution in [0.3, 0.4) is 0 Å². The summed E-state index contributed by atoms with van der Waals surface area (Å²) in [7, 11) is 2.01. The number of aromatic nitrogens is 2. The standard InChI is InChI=1S/C29H35N5O/c1-6-25(15-30-4)33-16-21(2)13-26(20-33)34(17-23-11-12-31-22(3)14-23)19-24-18-32(5)28-10-8-7-9-27(28)29(24)35/h6-12,14-15,18,21,26H,1,4,13,16-17,19-20H2,2-3,5H3/b25-15+/t21-,26+/m1/s1. The zero-order valence-corrected chi connectivity index (χ0v) is 21.0. The number of nitrogens with zero attached hydrogens (tertiary/aromatic N) is 5. The molecule has 0 unspecified atom stereocenters. The third-order valence-corrected chi connectivity index (χ3v) is 6.84. The van der Waals surface area contributed by atoms with Crippen LogP contribution in [0.4, 0.5) is 0 Å². The molecule has 1 aromatic carbocycles. The summed E-state index contributed by atoms with van der Waals surface area (Å²) < 4.78 is 2.06. The van der Waals surface area contributed by atoms with Gasteiger partial charge in [0.15, 0.2) is 5.43 Å². The summed E-state index contributed by atoms with van der Waals surface area (Å²) in [4.78, 5) is 26.6. The van der Waals surface area contributed by atoms with Crippen LogP contribution in [0.25, 0.3) is 10.9 Å². The van der Waals surface area contributed by atoms with Gasteiger partial charge in [-0.15, -0.1) is 0 Å². The molecule has 6 heteroatoms. The average Bonchev–Trinajstić information content (AvgIpc) is 2.85. The smallest absolute Gasteiger partial charge is 0.193 e. The van der Waals surface area contributed by atoms with E-state index in [1.54, 1.807) is 6.20 Å². The number of likely N-dealkylation sites (tertiary alicyclic amines) is 1. The molecule has 2 atom stereocenters. The number of piperidine rings is 1. The second-order valence-corrected chi connectivity index (χ2v) is 9.66. The summed E-state index contributed by atoms with van der Waals surface area (Å²) in [6.45, 7) is 15.0. The van der Waals surface area contributed by atoms with E-state index in [4.69, 9.17) is 0 Å². The van der Waals surface area contributed by atoms with Crippen molar-refractivity contribution in [2.45, 2.75) is 39.4 Å². The zero-order chi connectivity index (χ0) is 24.9. The van der Waals surface area contributed by atoms with Gasteiger partial charge >= 0.3 is 0 Å². The maximum atomic E-state index is 13.5. The maximum Gasteiger partial charge on any atom is 0.193 e. The fourth-order valence-electron chi connectivity index (χ4n) is 5.24. The molecule has 0 N–H and O–H groups in total. The number of hydrogen-bond donors (Lipinski definition) is 0. The monoisotopic (exact) mass is 469 g/mol. The molecule has 1 saturated heterocycles. The first-order valence-corrected chi connectivity index (χ1v) is 12.2. The number of rotatable bonds is 8. The van der Waals surface area contributed by atoms with Gasteiger partial charge in [0.1, 0.15) is 0 Å². The number of aryl methyl sites for hydroxylation is 2. The number of fused-ring (bicyclic) bond motifs is 1. The molecule has 0 radical (unpaired) electrons. The van der Waals surface area contributed by atoms with Crippen molar-refractivity contribution in [1.29, 1.82) is 0 Å². The minimum atomic E-state index is 0.109. The number of aliphatic imine (C=N–C) groups is 1. The Bertz CT molecular complexity index is 1310. The Labute approximate surface area is 207 Å². The van der Waals surface area contributed by atoms with Gasteiger partial charge in [-0.25, -0.2) is 0 Å². The molecule has 1 aliphatic rings. The molecule has 3 aromatic rings. The van der Waals surface area contributed by atoms with Gasteiger partial charge in [0.25, 0.3) is 0 Å². The molecule has 3 heterocycles. The van der Waals surface area contributed by atoms with Crippen LogP contribution < -0.4 is 5.43 Å². The second-order valence-electron chi connectivity index (χ2n) is 9.66. The molecule has 0 amide bonds. The van der Waals surface area contributed by atoms with Gasteiger partial charge in [-0.3, -0.25) is 19.7 Å². The van der Waals surface area contributed by atoms with Crippen LogP contribution in [0.2, 0.25) is 0 Å². The van der Waals surface area contributed by atoms with Crippen molar-refractivity contribution in [2.75, 3.05) is 13.1 Å². The maximum absolute atomic E-state index is 13.5. The summed E-state index contributed by atoms with van der Waals surface area (Å²) in [6.07, 6.45) is 8.54. The van der Waals surface area contributed by atoms with Gasteiger partial charge in [0.2, 0.25) is 0 Å². The zero-order valence-electron chi connectivity index (χ0n) is 21.0. The molecule has 2 aromatic heterocycles. The van der Waals surface area contributed by atoms with E-state index >= 15 is 0 Å². The molecular weight excluding hydrogens is 434 g/mol. The van der Waals surface area contributed by atoms with E-state index in [-0.39, 0.29) is 11.5 Å². The Morgan fingerprint density at radius 1 is 1.26 bits per heavy atom. The Morgan fingerprint density at radius 3 is 2.80 bits per heavy atom. The number of hydrogen-bond acceptors (Lipinski definition) is 5. The van der Waals surface area contributed by atoms with E-state index in [2.05, 4.69) is 56.7 Å². The van der Waals surface area contributed by atoms with Gasteiger partial charge in [-0.2, -0.15) is 0 Å². The van der Waals surface area contributed by atoms with E-state index in [0.717, 1.165) is 53.9 Å². The Morgan fingerprint density at radius 2 is 2.06 bits per heavy atom. The predicted molar refractivity (Wildman–Crippen MR) is 144 cm³/mol. The quantitative estimate of drug-likeness (QED) is 0.355. The van der Waals surface area contributed by atoms with Crippen LogP contribution >= 0.6 is 0 Å². The first kappa shape index (κ1) is 24.6. The lowest BCUT2D eigenvalue weighted by Crippen LogP contribution is -2.49. The van der Waals surface area contributed by atoms with Crippen LogP contribution in [0.5, 0.6) is 0 Å². The molecule has 0 saturated carbocycles.